The zero-order chi connectivity index (χ0) is 25.7. The number of aromatic nitrogens is 1. The molecule has 0 spiro atoms. The number of benzene rings is 1. The number of halogens is 1. The van der Waals surface area contributed by atoms with E-state index < -0.39 is 35.2 Å². The first-order valence-corrected chi connectivity index (χ1v) is 11.3. The van der Waals surface area contributed by atoms with Crippen molar-refractivity contribution in [1.82, 2.24) is 15.6 Å². The van der Waals surface area contributed by atoms with Gasteiger partial charge in [-0.2, -0.15) is 0 Å². The minimum absolute atomic E-state index is 0.0262. The van der Waals surface area contributed by atoms with E-state index in [4.69, 9.17) is 4.74 Å². The summed E-state index contributed by atoms with van der Waals surface area (Å²) in [6.45, 7) is 12.6. The number of carbonyl (C=O) groups excluding carboxylic acids is 2. The van der Waals surface area contributed by atoms with Crippen LogP contribution in [0, 0.1) is 12.7 Å². The zero-order valence-corrected chi connectivity index (χ0v) is 21.0. The van der Waals surface area contributed by atoms with Crippen LogP contribution in [0.1, 0.15) is 68.7 Å². The van der Waals surface area contributed by atoms with Crippen molar-refractivity contribution in [3.63, 3.8) is 0 Å². The van der Waals surface area contributed by atoms with Gasteiger partial charge in [0.15, 0.2) is 0 Å². The molecular weight excluding hydrogens is 437 g/mol. The SMILES string of the molecule is Cc1ccc(F)c(CC(NC(=O)OC(C)(C)C)C(O)Cc2ncccc2C(=O)NC(C)(C)C)c1. The predicted molar refractivity (Wildman–Crippen MR) is 129 cm³/mol. The molecule has 1 aromatic heterocycles. The number of aryl methyl sites for hydroxylation is 1. The quantitative estimate of drug-likeness (QED) is 0.562. The average Bonchev–Trinajstić information content (AvgIpc) is 2.67. The monoisotopic (exact) mass is 473 g/mol. The lowest BCUT2D eigenvalue weighted by atomic mass is 9.95. The van der Waals surface area contributed by atoms with E-state index in [0.717, 1.165) is 5.56 Å². The number of pyridine rings is 1. The first-order valence-electron chi connectivity index (χ1n) is 11.3. The summed E-state index contributed by atoms with van der Waals surface area (Å²) in [6, 6.07) is 7.08. The predicted octanol–water partition coefficient (Wildman–Crippen LogP) is 4.10. The van der Waals surface area contributed by atoms with Crippen LogP contribution in [-0.4, -0.2) is 45.4 Å². The standard InChI is InChI=1S/C26H36FN3O4/c1-16-10-11-19(27)17(13-16)14-21(29-24(33)34-26(5,6)7)22(31)15-20-18(9-8-12-28-20)23(32)30-25(2,3)4/h8-13,21-22,31H,14-15H2,1-7H3,(H,29,33)(H,30,32). The molecule has 8 heteroatoms. The Morgan fingerprint density at radius 2 is 1.79 bits per heavy atom. The molecule has 0 saturated heterocycles. The summed E-state index contributed by atoms with van der Waals surface area (Å²) in [4.78, 5) is 29.5. The molecule has 2 rings (SSSR count). The lowest BCUT2D eigenvalue weighted by Crippen LogP contribution is -2.48. The summed E-state index contributed by atoms with van der Waals surface area (Å²) in [5.41, 5.74) is 0.714. The van der Waals surface area contributed by atoms with Crippen LogP contribution in [0.15, 0.2) is 36.5 Å². The maximum Gasteiger partial charge on any atom is 0.407 e. The Morgan fingerprint density at radius 1 is 1.12 bits per heavy atom. The van der Waals surface area contributed by atoms with Gasteiger partial charge >= 0.3 is 6.09 Å². The van der Waals surface area contributed by atoms with Crippen molar-refractivity contribution in [2.45, 2.75) is 84.6 Å². The molecule has 0 aliphatic rings. The van der Waals surface area contributed by atoms with Crippen molar-refractivity contribution in [3.8, 4) is 0 Å². The van der Waals surface area contributed by atoms with Crippen LogP contribution < -0.4 is 10.6 Å². The number of alkyl carbamates (subject to hydrolysis) is 1. The van der Waals surface area contributed by atoms with E-state index >= 15 is 0 Å². The van der Waals surface area contributed by atoms with Gasteiger partial charge in [0.25, 0.3) is 5.91 Å². The normalized spacial score (nSPS) is 13.7. The maximum absolute atomic E-state index is 14.5. The highest BCUT2D eigenvalue weighted by Gasteiger charge is 2.28. The van der Waals surface area contributed by atoms with E-state index in [9.17, 15) is 19.1 Å². The molecule has 0 bridgehead atoms. The third-order valence-electron chi connectivity index (χ3n) is 4.83. The van der Waals surface area contributed by atoms with Crippen LogP contribution in [-0.2, 0) is 17.6 Å². The number of aliphatic hydroxyl groups excluding tert-OH is 1. The largest absolute Gasteiger partial charge is 0.444 e. The molecule has 0 saturated carbocycles. The van der Waals surface area contributed by atoms with Gasteiger partial charge in [-0.05, 0) is 78.6 Å². The number of ether oxygens (including phenoxy) is 1. The van der Waals surface area contributed by atoms with E-state index in [1.807, 2.05) is 27.7 Å². The second kappa shape index (κ2) is 11.0. The number of hydrogen-bond donors (Lipinski definition) is 3. The smallest absolute Gasteiger partial charge is 0.407 e. The number of hydrogen-bond acceptors (Lipinski definition) is 5. The van der Waals surface area contributed by atoms with Crippen molar-refractivity contribution in [1.29, 1.82) is 0 Å². The Labute approximate surface area is 201 Å². The topological polar surface area (TPSA) is 101 Å². The van der Waals surface area contributed by atoms with Gasteiger partial charge in [-0.25, -0.2) is 9.18 Å². The summed E-state index contributed by atoms with van der Waals surface area (Å²) in [6.07, 6.45) is -0.349. The van der Waals surface area contributed by atoms with Gasteiger partial charge in [-0.3, -0.25) is 9.78 Å². The molecule has 0 fully saturated rings. The highest BCUT2D eigenvalue weighted by molar-refractivity contribution is 5.95. The van der Waals surface area contributed by atoms with Gasteiger partial charge < -0.3 is 20.5 Å². The summed E-state index contributed by atoms with van der Waals surface area (Å²) < 4.78 is 19.8. The van der Waals surface area contributed by atoms with Gasteiger partial charge in [0.2, 0.25) is 0 Å². The lowest BCUT2D eigenvalue weighted by Gasteiger charge is -2.27. The summed E-state index contributed by atoms with van der Waals surface area (Å²) in [5, 5.41) is 16.7. The van der Waals surface area contributed by atoms with Gasteiger partial charge in [0, 0.05) is 18.2 Å². The van der Waals surface area contributed by atoms with Gasteiger partial charge in [0.1, 0.15) is 11.4 Å². The fourth-order valence-corrected chi connectivity index (χ4v) is 3.39. The highest BCUT2D eigenvalue weighted by atomic mass is 19.1. The molecule has 0 radical (unpaired) electrons. The van der Waals surface area contributed by atoms with Crippen molar-refractivity contribution >= 4 is 12.0 Å². The third kappa shape index (κ3) is 8.74. The summed E-state index contributed by atoms with van der Waals surface area (Å²) >= 11 is 0. The number of aliphatic hydroxyl groups is 1. The summed E-state index contributed by atoms with van der Waals surface area (Å²) in [5.74, 6) is -0.749. The van der Waals surface area contributed by atoms with E-state index in [0.29, 0.717) is 16.8 Å². The van der Waals surface area contributed by atoms with Crippen LogP contribution in [0.5, 0.6) is 0 Å². The molecule has 2 atom stereocenters. The lowest BCUT2D eigenvalue weighted by molar-refractivity contribution is 0.0420. The number of carbonyl (C=O) groups is 2. The molecule has 186 valence electrons. The van der Waals surface area contributed by atoms with Crippen molar-refractivity contribution in [2.75, 3.05) is 0 Å². The van der Waals surface area contributed by atoms with Crippen LogP contribution in [0.3, 0.4) is 0 Å². The number of nitrogens with zero attached hydrogens (tertiary/aromatic N) is 1. The second-order valence-corrected chi connectivity index (χ2v) is 10.5. The van der Waals surface area contributed by atoms with Gasteiger partial charge in [-0.1, -0.05) is 17.7 Å². The first-order chi connectivity index (χ1) is 15.6. The summed E-state index contributed by atoms with van der Waals surface area (Å²) in [7, 11) is 0. The van der Waals surface area contributed by atoms with Crippen LogP contribution in [0.2, 0.25) is 0 Å². The van der Waals surface area contributed by atoms with Crippen LogP contribution >= 0.6 is 0 Å². The number of nitrogens with one attached hydrogen (secondary N) is 2. The molecule has 2 aromatic rings. The molecule has 1 aromatic carbocycles. The zero-order valence-electron chi connectivity index (χ0n) is 21.0. The highest BCUT2D eigenvalue weighted by Crippen LogP contribution is 2.18. The molecule has 2 unspecified atom stereocenters. The minimum Gasteiger partial charge on any atom is -0.444 e. The van der Waals surface area contributed by atoms with E-state index in [1.54, 1.807) is 45.0 Å². The molecule has 0 aliphatic carbocycles. The number of amides is 2. The van der Waals surface area contributed by atoms with E-state index in [2.05, 4.69) is 15.6 Å². The Hall–Kier alpha value is -3.00. The van der Waals surface area contributed by atoms with Crippen LogP contribution in [0.4, 0.5) is 9.18 Å². The fourth-order valence-electron chi connectivity index (χ4n) is 3.39. The Balaban J connectivity index is 2.31. The van der Waals surface area contributed by atoms with Gasteiger partial charge in [0.05, 0.1) is 23.4 Å². The molecule has 1 heterocycles. The molecular formula is C26H36FN3O4. The molecule has 34 heavy (non-hydrogen) atoms. The van der Waals surface area contributed by atoms with Crippen molar-refractivity contribution in [3.05, 3.63) is 64.7 Å². The average molecular weight is 474 g/mol. The van der Waals surface area contributed by atoms with Gasteiger partial charge in [-0.15, -0.1) is 0 Å². The molecule has 2 amide bonds. The Morgan fingerprint density at radius 3 is 2.41 bits per heavy atom. The Bertz CT molecular complexity index is 1010. The van der Waals surface area contributed by atoms with E-state index in [1.165, 1.54) is 12.3 Å². The molecule has 3 N–H and O–H groups in total. The Kier molecular flexibility index (Phi) is 8.78. The third-order valence-corrected chi connectivity index (χ3v) is 4.83. The first kappa shape index (κ1) is 27.2. The second-order valence-electron chi connectivity index (χ2n) is 10.5. The number of rotatable bonds is 7. The maximum atomic E-state index is 14.5. The van der Waals surface area contributed by atoms with Crippen molar-refractivity contribution in [2.24, 2.45) is 0 Å². The van der Waals surface area contributed by atoms with E-state index in [-0.39, 0.29) is 18.7 Å². The molecule has 7 nitrogen and oxygen atoms in total. The van der Waals surface area contributed by atoms with Crippen molar-refractivity contribution < 1.29 is 23.8 Å². The molecule has 0 aliphatic heterocycles. The minimum atomic E-state index is -1.16. The fraction of sp³-hybridized carbons (Fsp3) is 0.500. The van der Waals surface area contributed by atoms with Crippen LogP contribution in [0.25, 0.3) is 0 Å².